The first-order valence-electron chi connectivity index (χ1n) is 9.97. The number of amides is 1. The highest BCUT2D eigenvalue weighted by Crippen LogP contribution is 2.40. The molecule has 0 unspecified atom stereocenters. The Labute approximate surface area is 178 Å². The van der Waals surface area contributed by atoms with Crippen molar-refractivity contribution >= 4 is 17.6 Å². The van der Waals surface area contributed by atoms with E-state index in [2.05, 4.69) is 0 Å². The van der Waals surface area contributed by atoms with E-state index in [0.717, 1.165) is 5.56 Å². The first-order chi connectivity index (χ1) is 15.0. The number of likely N-dealkylation sites (tertiary alicyclic amines) is 1. The van der Waals surface area contributed by atoms with E-state index >= 15 is 0 Å². The molecule has 0 aromatic heterocycles. The van der Waals surface area contributed by atoms with Crippen LogP contribution in [0.4, 0.5) is 5.69 Å². The number of nitrogens with zero attached hydrogens (tertiary/aromatic N) is 2. The lowest BCUT2D eigenvalue weighted by atomic mass is 9.72. The number of carbonyl (C=O) groups is 2. The van der Waals surface area contributed by atoms with Crippen molar-refractivity contribution in [3.63, 3.8) is 0 Å². The van der Waals surface area contributed by atoms with Gasteiger partial charge in [-0.25, -0.2) is 0 Å². The standard InChI is InChI=1S/C22H22N2O7/c1-29-21(26)22(15-5-3-2-4-6-15)7-9-23(10-8-22)20(25)16-13-18-19(31-12-11-30-18)14-17(16)24(27)28/h2-6,13-14H,7-12H2,1H3. The molecule has 31 heavy (non-hydrogen) atoms. The first-order valence-corrected chi connectivity index (χ1v) is 9.97. The summed E-state index contributed by atoms with van der Waals surface area (Å²) in [5.74, 6) is -0.265. The summed E-state index contributed by atoms with van der Waals surface area (Å²) in [6.07, 6.45) is 0.710. The lowest BCUT2D eigenvalue weighted by Gasteiger charge is -2.40. The molecule has 2 aromatic carbocycles. The zero-order valence-electron chi connectivity index (χ0n) is 17.0. The van der Waals surface area contributed by atoms with Crippen LogP contribution in [0.25, 0.3) is 0 Å². The normalized spacial score (nSPS) is 17.0. The lowest BCUT2D eigenvalue weighted by molar-refractivity contribution is -0.385. The van der Waals surface area contributed by atoms with E-state index in [1.807, 2.05) is 30.3 Å². The van der Waals surface area contributed by atoms with Gasteiger partial charge in [0.25, 0.3) is 11.6 Å². The maximum absolute atomic E-state index is 13.2. The fourth-order valence-electron chi connectivity index (χ4n) is 4.23. The van der Waals surface area contributed by atoms with Crippen LogP contribution < -0.4 is 9.47 Å². The molecular formula is C22H22N2O7. The van der Waals surface area contributed by atoms with Gasteiger partial charge in [0, 0.05) is 19.2 Å². The van der Waals surface area contributed by atoms with Gasteiger partial charge in [0.15, 0.2) is 11.5 Å². The Hall–Kier alpha value is -3.62. The molecular weight excluding hydrogens is 404 g/mol. The summed E-state index contributed by atoms with van der Waals surface area (Å²) in [6, 6.07) is 11.9. The summed E-state index contributed by atoms with van der Waals surface area (Å²) in [5, 5.41) is 11.6. The van der Waals surface area contributed by atoms with E-state index in [1.54, 1.807) is 0 Å². The van der Waals surface area contributed by atoms with Gasteiger partial charge in [-0.1, -0.05) is 30.3 Å². The van der Waals surface area contributed by atoms with Crippen LogP contribution in [0.5, 0.6) is 11.5 Å². The Kier molecular flexibility index (Phi) is 5.50. The van der Waals surface area contributed by atoms with Gasteiger partial charge in [-0.05, 0) is 18.4 Å². The first kappa shape index (κ1) is 20.6. The Bertz CT molecular complexity index is 1010. The smallest absolute Gasteiger partial charge is 0.316 e. The van der Waals surface area contributed by atoms with E-state index in [0.29, 0.717) is 31.8 Å². The highest BCUT2D eigenvalue weighted by atomic mass is 16.6. The van der Waals surface area contributed by atoms with Gasteiger partial charge in [0.1, 0.15) is 18.8 Å². The van der Waals surface area contributed by atoms with Gasteiger partial charge in [-0.3, -0.25) is 19.7 Å². The minimum absolute atomic E-state index is 0.0560. The monoisotopic (exact) mass is 426 g/mol. The average molecular weight is 426 g/mol. The molecule has 1 saturated heterocycles. The molecule has 0 aliphatic carbocycles. The molecule has 2 aliphatic rings. The fourth-order valence-corrected chi connectivity index (χ4v) is 4.23. The number of nitro groups is 1. The molecule has 162 valence electrons. The van der Waals surface area contributed by atoms with Crippen molar-refractivity contribution in [2.75, 3.05) is 33.4 Å². The van der Waals surface area contributed by atoms with Crippen LogP contribution in [-0.4, -0.2) is 55.1 Å². The molecule has 2 aliphatic heterocycles. The Balaban J connectivity index is 1.61. The van der Waals surface area contributed by atoms with Crippen LogP contribution in [0.3, 0.4) is 0 Å². The summed E-state index contributed by atoms with van der Waals surface area (Å²) in [4.78, 5) is 38.4. The van der Waals surface area contributed by atoms with E-state index in [4.69, 9.17) is 14.2 Å². The van der Waals surface area contributed by atoms with Crippen LogP contribution in [-0.2, 0) is 14.9 Å². The molecule has 9 nitrogen and oxygen atoms in total. The van der Waals surface area contributed by atoms with Crippen LogP contribution >= 0.6 is 0 Å². The van der Waals surface area contributed by atoms with Gasteiger partial charge in [-0.2, -0.15) is 0 Å². The van der Waals surface area contributed by atoms with Gasteiger partial charge in [0.05, 0.1) is 23.5 Å². The second kappa shape index (κ2) is 8.25. The molecule has 2 heterocycles. The van der Waals surface area contributed by atoms with Crippen molar-refractivity contribution in [1.82, 2.24) is 4.90 Å². The molecule has 0 bridgehead atoms. The molecule has 1 amide bonds. The number of piperidine rings is 1. The van der Waals surface area contributed by atoms with E-state index in [-0.39, 0.29) is 36.1 Å². The summed E-state index contributed by atoms with van der Waals surface area (Å²) >= 11 is 0. The van der Waals surface area contributed by atoms with Crippen LogP contribution in [0.2, 0.25) is 0 Å². The maximum Gasteiger partial charge on any atom is 0.316 e. The second-order valence-electron chi connectivity index (χ2n) is 7.50. The third kappa shape index (κ3) is 3.67. The summed E-state index contributed by atoms with van der Waals surface area (Å²) in [6.45, 7) is 1.11. The molecule has 0 atom stereocenters. The SMILES string of the molecule is COC(=O)C1(c2ccccc2)CCN(C(=O)c2cc3c(cc2[N+](=O)[O-])OCCO3)CC1. The molecule has 0 saturated carbocycles. The number of ether oxygens (including phenoxy) is 3. The number of methoxy groups -OCH3 is 1. The Morgan fingerprint density at radius 3 is 2.26 bits per heavy atom. The minimum Gasteiger partial charge on any atom is -0.486 e. The fraction of sp³-hybridized carbons (Fsp3) is 0.364. The van der Waals surface area contributed by atoms with Crippen molar-refractivity contribution in [1.29, 1.82) is 0 Å². The van der Waals surface area contributed by atoms with Crippen molar-refractivity contribution in [2.24, 2.45) is 0 Å². The topological polar surface area (TPSA) is 108 Å². The molecule has 0 radical (unpaired) electrons. The molecule has 1 fully saturated rings. The number of esters is 1. The molecule has 0 N–H and O–H groups in total. The van der Waals surface area contributed by atoms with Gasteiger partial charge < -0.3 is 19.1 Å². The summed E-state index contributed by atoms with van der Waals surface area (Å²) in [7, 11) is 1.35. The highest BCUT2D eigenvalue weighted by molar-refractivity contribution is 5.99. The summed E-state index contributed by atoms with van der Waals surface area (Å²) in [5.41, 5.74) is -0.410. The van der Waals surface area contributed by atoms with Gasteiger partial charge in [-0.15, -0.1) is 0 Å². The number of hydrogen-bond acceptors (Lipinski definition) is 7. The Morgan fingerprint density at radius 1 is 1.06 bits per heavy atom. The minimum atomic E-state index is -0.856. The number of benzene rings is 2. The van der Waals surface area contributed by atoms with Crippen molar-refractivity contribution < 1.29 is 28.7 Å². The molecule has 9 heteroatoms. The second-order valence-corrected chi connectivity index (χ2v) is 7.50. The van der Waals surface area contributed by atoms with Crippen molar-refractivity contribution in [3.05, 3.63) is 63.7 Å². The molecule has 4 rings (SSSR count). The number of fused-ring (bicyclic) bond motifs is 1. The van der Waals surface area contributed by atoms with E-state index in [1.165, 1.54) is 24.1 Å². The third-order valence-corrected chi connectivity index (χ3v) is 5.89. The van der Waals surface area contributed by atoms with Crippen molar-refractivity contribution in [2.45, 2.75) is 18.3 Å². The maximum atomic E-state index is 13.2. The average Bonchev–Trinajstić information content (AvgIpc) is 2.82. The number of rotatable bonds is 4. The predicted molar refractivity (Wildman–Crippen MR) is 109 cm³/mol. The zero-order chi connectivity index (χ0) is 22.0. The molecule has 2 aromatic rings. The highest BCUT2D eigenvalue weighted by Gasteiger charge is 2.45. The third-order valence-electron chi connectivity index (χ3n) is 5.89. The van der Waals surface area contributed by atoms with Crippen LogP contribution in [0, 0.1) is 10.1 Å². The summed E-state index contributed by atoms with van der Waals surface area (Å²) < 4.78 is 16.0. The number of nitro benzene ring substituents is 1. The van der Waals surface area contributed by atoms with Crippen LogP contribution in [0.15, 0.2) is 42.5 Å². The lowest BCUT2D eigenvalue weighted by Crippen LogP contribution is -2.49. The van der Waals surface area contributed by atoms with Crippen LogP contribution in [0.1, 0.15) is 28.8 Å². The number of carbonyl (C=O) groups excluding carboxylic acids is 2. The van der Waals surface area contributed by atoms with E-state index < -0.39 is 16.2 Å². The quantitative estimate of drug-likeness (QED) is 0.420. The van der Waals surface area contributed by atoms with Gasteiger partial charge in [0.2, 0.25) is 0 Å². The van der Waals surface area contributed by atoms with Gasteiger partial charge >= 0.3 is 5.97 Å². The largest absolute Gasteiger partial charge is 0.486 e. The molecule has 0 spiro atoms. The van der Waals surface area contributed by atoms with E-state index in [9.17, 15) is 19.7 Å². The van der Waals surface area contributed by atoms with Crippen molar-refractivity contribution in [3.8, 4) is 11.5 Å². The predicted octanol–water partition coefficient (Wildman–Crippen LogP) is 2.71. The number of hydrogen-bond donors (Lipinski definition) is 0. The zero-order valence-corrected chi connectivity index (χ0v) is 17.0. The Morgan fingerprint density at radius 2 is 1.68 bits per heavy atom.